The molecule has 0 unspecified atom stereocenters. The first-order valence-electron chi connectivity index (χ1n) is 7.48. The molecule has 0 bridgehead atoms. The molecule has 8 heteroatoms. The number of hydrogen-bond donors (Lipinski definition) is 1. The van der Waals surface area contributed by atoms with Crippen molar-refractivity contribution < 1.29 is 22.8 Å². The Kier molecular flexibility index (Phi) is 5.51. The quantitative estimate of drug-likeness (QED) is 0.463. The Balaban J connectivity index is 2.02. The number of nitro groups is 1. The highest BCUT2D eigenvalue weighted by Crippen LogP contribution is 2.37. The molecule has 0 aliphatic heterocycles. The second kappa shape index (κ2) is 7.42. The summed E-state index contributed by atoms with van der Waals surface area (Å²) < 4.78 is 44.7. The van der Waals surface area contributed by atoms with Crippen LogP contribution in [0.1, 0.15) is 16.7 Å². The van der Waals surface area contributed by atoms with Crippen molar-refractivity contribution in [3.05, 3.63) is 63.2 Å². The van der Waals surface area contributed by atoms with Crippen molar-refractivity contribution in [2.45, 2.75) is 20.0 Å². The van der Waals surface area contributed by atoms with Gasteiger partial charge in [0.1, 0.15) is 12.4 Å². The molecule has 0 spiro atoms. The summed E-state index contributed by atoms with van der Waals surface area (Å²) >= 11 is 0. The minimum absolute atomic E-state index is 0.119. The first kappa shape index (κ1) is 18.6. The molecule has 0 saturated carbocycles. The zero-order valence-electron chi connectivity index (χ0n) is 13.7. The number of rotatable bonds is 6. The van der Waals surface area contributed by atoms with Gasteiger partial charge in [-0.25, -0.2) is 0 Å². The maximum Gasteiger partial charge on any atom is 0.418 e. The van der Waals surface area contributed by atoms with Crippen LogP contribution in [0.25, 0.3) is 0 Å². The van der Waals surface area contributed by atoms with Crippen molar-refractivity contribution in [1.29, 1.82) is 0 Å². The third-order valence-corrected chi connectivity index (χ3v) is 3.68. The zero-order valence-corrected chi connectivity index (χ0v) is 13.7. The Bertz CT molecular complexity index is 776. The normalized spacial score (nSPS) is 11.2. The van der Waals surface area contributed by atoms with Crippen molar-refractivity contribution in [2.24, 2.45) is 0 Å². The Morgan fingerprint density at radius 1 is 1.12 bits per heavy atom. The summed E-state index contributed by atoms with van der Waals surface area (Å²) in [7, 11) is 0. The standard InChI is InChI=1S/C17H17F3N2O3/c1-11-3-5-14(9-12(11)2)25-8-7-21-16-6-4-13(22(23)24)10-15(16)17(18,19)20/h3-6,9-10,21H,7-8H2,1-2H3. The van der Waals surface area contributed by atoms with E-state index in [1.54, 1.807) is 6.07 Å². The molecule has 0 radical (unpaired) electrons. The number of anilines is 1. The fraction of sp³-hybridized carbons (Fsp3) is 0.294. The molecule has 134 valence electrons. The molecule has 0 fully saturated rings. The molecule has 1 N–H and O–H groups in total. The van der Waals surface area contributed by atoms with Gasteiger partial charge in [0, 0.05) is 24.4 Å². The molecular weight excluding hydrogens is 337 g/mol. The Morgan fingerprint density at radius 2 is 1.84 bits per heavy atom. The minimum atomic E-state index is -4.69. The number of non-ortho nitro benzene ring substituents is 1. The van der Waals surface area contributed by atoms with Gasteiger partial charge in [-0.15, -0.1) is 0 Å². The van der Waals surface area contributed by atoms with Crippen molar-refractivity contribution in [3.8, 4) is 5.75 Å². The van der Waals surface area contributed by atoms with Crippen molar-refractivity contribution >= 4 is 11.4 Å². The van der Waals surface area contributed by atoms with Gasteiger partial charge in [0.2, 0.25) is 0 Å². The molecule has 0 amide bonds. The highest BCUT2D eigenvalue weighted by Gasteiger charge is 2.35. The Morgan fingerprint density at radius 3 is 2.44 bits per heavy atom. The topological polar surface area (TPSA) is 64.4 Å². The van der Waals surface area contributed by atoms with Gasteiger partial charge in [0.25, 0.3) is 5.69 Å². The maximum absolute atomic E-state index is 13.1. The SMILES string of the molecule is Cc1ccc(OCCNc2ccc([N+](=O)[O-])cc2C(F)(F)F)cc1C. The van der Waals surface area contributed by atoms with Crippen LogP contribution in [0.2, 0.25) is 0 Å². The van der Waals surface area contributed by atoms with Crippen LogP contribution in [0.3, 0.4) is 0 Å². The summed E-state index contributed by atoms with van der Waals surface area (Å²) in [5, 5.41) is 13.3. The fourth-order valence-electron chi connectivity index (χ4n) is 2.19. The van der Waals surface area contributed by atoms with Crippen LogP contribution in [0.4, 0.5) is 24.5 Å². The van der Waals surface area contributed by atoms with Gasteiger partial charge in [-0.3, -0.25) is 10.1 Å². The van der Waals surface area contributed by atoms with E-state index in [1.807, 2.05) is 26.0 Å². The van der Waals surface area contributed by atoms with Gasteiger partial charge in [-0.05, 0) is 43.2 Å². The summed E-state index contributed by atoms with van der Waals surface area (Å²) in [6.45, 7) is 4.17. The molecule has 2 aromatic carbocycles. The summed E-state index contributed by atoms with van der Waals surface area (Å²) in [6.07, 6.45) is -4.69. The lowest BCUT2D eigenvalue weighted by atomic mass is 10.1. The van der Waals surface area contributed by atoms with Crippen molar-refractivity contribution in [3.63, 3.8) is 0 Å². The van der Waals surface area contributed by atoms with E-state index in [4.69, 9.17) is 4.74 Å². The number of nitrogens with zero attached hydrogens (tertiary/aromatic N) is 1. The van der Waals surface area contributed by atoms with E-state index < -0.39 is 22.4 Å². The number of hydrogen-bond acceptors (Lipinski definition) is 4. The molecule has 5 nitrogen and oxygen atoms in total. The van der Waals surface area contributed by atoms with Gasteiger partial charge in [-0.1, -0.05) is 6.07 Å². The van der Waals surface area contributed by atoms with Gasteiger partial charge >= 0.3 is 6.18 Å². The predicted molar refractivity (Wildman–Crippen MR) is 88.0 cm³/mol. The monoisotopic (exact) mass is 354 g/mol. The third kappa shape index (κ3) is 4.85. The fourth-order valence-corrected chi connectivity index (χ4v) is 2.19. The number of aryl methyl sites for hydroxylation is 2. The van der Waals surface area contributed by atoms with Crippen LogP contribution in [0.5, 0.6) is 5.75 Å². The lowest BCUT2D eigenvalue weighted by molar-refractivity contribution is -0.385. The molecule has 0 atom stereocenters. The van der Waals surface area contributed by atoms with Gasteiger partial charge < -0.3 is 10.1 Å². The smallest absolute Gasteiger partial charge is 0.418 e. The molecule has 0 aliphatic rings. The van der Waals surface area contributed by atoms with Crippen LogP contribution in [0.15, 0.2) is 36.4 Å². The largest absolute Gasteiger partial charge is 0.492 e. The van der Waals surface area contributed by atoms with Gasteiger partial charge in [0.05, 0.1) is 10.5 Å². The first-order valence-corrected chi connectivity index (χ1v) is 7.48. The number of benzene rings is 2. The van der Waals surface area contributed by atoms with E-state index in [-0.39, 0.29) is 18.8 Å². The van der Waals surface area contributed by atoms with Crippen LogP contribution < -0.4 is 10.1 Å². The molecule has 2 aromatic rings. The first-order chi connectivity index (χ1) is 11.7. The lowest BCUT2D eigenvalue weighted by Crippen LogP contribution is -2.16. The average Bonchev–Trinajstić information content (AvgIpc) is 2.53. The van der Waals surface area contributed by atoms with E-state index >= 15 is 0 Å². The van der Waals surface area contributed by atoms with Crippen molar-refractivity contribution in [1.82, 2.24) is 0 Å². The van der Waals surface area contributed by atoms with Crippen LogP contribution >= 0.6 is 0 Å². The summed E-state index contributed by atoms with van der Waals surface area (Å²) in [5.41, 5.74) is 0.269. The molecule has 25 heavy (non-hydrogen) atoms. The number of nitrogens with one attached hydrogen (secondary N) is 1. The molecule has 0 saturated heterocycles. The Labute approximate surface area is 142 Å². The van der Waals surface area contributed by atoms with E-state index in [9.17, 15) is 23.3 Å². The maximum atomic E-state index is 13.1. The van der Waals surface area contributed by atoms with Crippen LogP contribution in [-0.4, -0.2) is 18.1 Å². The number of alkyl halides is 3. The molecular formula is C17H17F3N2O3. The van der Waals surface area contributed by atoms with E-state index in [2.05, 4.69) is 5.32 Å². The highest BCUT2D eigenvalue weighted by molar-refractivity contribution is 5.57. The second-order valence-electron chi connectivity index (χ2n) is 5.51. The summed E-state index contributed by atoms with van der Waals surface area (Å²) in [6, 6.07) is 8.14. The average molecular weight is 354 g/mol. The van der Waals surface area contributed by atoms with Crippen LogP contribution in [-0.2, 0) is 6.18 Å². The van der Waals surface area contributed by atoms with E-state index in [1.165, 1.54) is 0 Å². The third-order valence-electron chi connectivity index (χ3n) is 3.68. The molecule has 0 aromatic heterocycles. The summed E-state index contributed by atoms with van der Waals surface area (Å²) in [4.78, 5) is 9.80. The molecule has 0 heterocycles. The van der Waals surface area contributed by atoms with E-state index in [0.717, 1.165) is 23.3 Å². The minimum Gasteiger partial charge on any atom is -0.492 e. The predicted octanol–water partition coefficient (Wildman–Crippen LogP) is 4.72. The van der Waals surface area contributed by atoms with Crippen molar-refractivity contribution in [2.75, 3.05) is 18.5 Å². The molecule has 2 rings (SSSR count). The van der Waals surface area contributed by atoms with Gasteiger partial charge in [-0.2, -0.15) is 13.2 Å². The second-order valence-corrected chi connectivity index (χ2v) is 5.51. The summed E-state index contributed by atoms with van der Waals surface area (Å²) in [5.74, 6) is 0.629. The van der Waals surface area contributed by atoms with E-state index in [0.29, 0.717) is 11.8 Å². The van der Waals surface area contributed by atoms with Gasteiger partial charge in [0.15, 0.2) is 0 Å². The molecule has 0 aliphatic carbocycles. The van der Waals surface area contributed by atoms with Crippen LogP contribution in [0, 0.1) is 24.0 Å². The number of ether oxygens (including phenoxy) is 1. The Hall–Kier alpha value is -2.77. The number of nitro benzene ring substituents is 1. The lowest BCUT2D eigenvalue weighted by Gasteiger charge is -2.15. The zero-order chi connectivity index (χ0) is 18.6. The highest BCUT2D eigenvalue weighted by atomic mass is 19.4. The number of halogens is 3.